The van der Waals surface area contributed by atoms with E-state index in [0.29, 0.717) is 5.92 Å². The summed E-state index contributed by atoms with van der Waals surface area (Å²) in [5.74, 6) is 2.15. The second-order valence-electron chi connectivity index (χ2n) is 5.23. The number of ether oxygens (including phenoxy) is 2. The SMILES string of the molecule is COc1ccc(C2(C(C)C)CCCN2)cc1OC. The largest absolute Gasteiger partial charge is 0.493 e. The zero-order chi connectivity index (χ0) is 13.2. The van der Waals surface area contributed by atoms with E-state index in [9.17, 15) is 0 Å². The predicted octanol–water partition coefficient (Wildman–Crippen LogP) is 2.94. The molecule has 1 aromatic rings. The van der Waals surface area contributed by atoms with E-state index in [4.69, 9.17) is 9.47 Å². The lowest BCUT2D eigenvalue weighted by atomic mass is 9.78. The van der Waals surface area contributed by atoms with E-state index < -0.39 is 0 Å². The topological polar surface area (TPSA) is 30.5 Å². The standard InChI is InChI=1S/C15H23NO2/c1-11(2)15(8-5-9-16-15)12-6-7-13(17-3)14(10-12)18-4/h6-7,10-11,16H,5,8-9H2,1-4H3. The van der Waals surface area contributed by atoms with Gasteiger partial charge in [0.1, 0.15) is 0 Å². The molecule has 1 aliphatic heterocycles. The minimum atomic E-state index is 0.0829. The van der Waals surface area contributed by atoms with Crippen molar-refractivity contribution in [1.29, 1.82) is 0 Å². The van der Waals surface area contributed by atoms with Crippen LogP contribution in [0.5, 0.6) is 11.5 Å². The molecule has 1 aromatic carbocycles. The molecule has 1 heterocycles. The fourth-order valence-corrected chi connectivity index (χ4v) is 2.95. The van der Waals surface area contributed by atoms with Gasteiger partial charge in [0.05, 0.1) is 14.2 Å². The number of benzene rings is 1. The molecule has 0 aromatic heterocycles. The average Bonchev–Trinajstić information content (AvgIpc) is 2.88. The first kappa shape index (κ1) is 13.2. The molecule has 0 aliphatic carbocycles. The van der Waals surface area contributed by atoms with E-state index in [1.807, 2.05) is 6.07 Å². The zero-order valence-corrected chi connectivity index (χ0v) is 11.7. The van der Waals surface area contributed by atoms with Crippen molar-refractivity contribution in [2.75, 3.05) is 20.8 Å². The second kappa shape index (κ2) is 5.19. The van der Waals surface area contributed by atoms with Gasteiger partial charge in [0.25, 0.3) is 0 Å². The van der Waals surface area contributed by atoms with Gasteiger partial charge in [0, 0.05) is 5.54 Å². The van der Waals surface area contributed by atoms with Gasteiger partial charge in [-0.2, -0.15) is 0 Å². The normalized spacial score (nSPS) is 23.4. The van der Waals surface area contributed by atoms with Gasteiger partial charge in [-0.1, -0.05) is 19.9 Å². The second-order valence-corrected chi connectivity index (χ2v) is 5.23. The molecule has 0 saturated carbocycles. The molecule has 0 bridgehead atoms. The monoisotopic (exact) mass is 249 g/mol. The van der Waals surface area contributed by atoms with E-state index in [2.05, 4.69) is 31.3 Å². The summed E-state index contributed by atoms with van der Waals surface area (Å²) in [4.78, 5) is 0. The Morgan fingerprint density at radius 2 is 1.89 bits per heavy atom. The molecule has 1 atom stereocenters. The van der Waals surface area contributed by atoms with Gasteiger partial charge in [0.15, 0.2) is 11.5 Å². The highest BCUT2D eigenvalue weighted by atomic mass is 16.5. The third-order valence-corrected chi connectivity index (χ3v) is 4.07. The quantitative estimate of drug-likeness (QED) is 0.890. The third-order valence-electron chi connectivity index (χ3n) is 4.07. The summed E-state index contributed by atoms with van der Waals surface area (Å²) in [7, 11) is 3.36. The molecule has 0 radical (unpaired) electrons. The molecule has 1 aliphatic rings. The van der Waals surface area contributed by atoms with Crippen LogP contribution in [-0.2, 0) is 5.54 Å². The summed E-state index contributed by atoms with van der Waals surface area (Å²) in [5.41, 5.74) is 1.38. The fourth-order valence-electron chi connectivity index (χ4n) is 2.95. The Morgan fingerprint density at radius 1 is 1.17 bits per heavy atom. The van der Waals surface area contributed by atoms with Crippen LogP contribution in [-0.4, -0.2) is 20.8 Å². The Hall–Kier alpha value is -1.22. The predicted molar refractivity (Wildman–Crippen MR) is 73.3 cm³/mol. The van der Waals surface area contributed by atoms with Crippen molar-refractivity contribution < 1.29 is 9.47 Å². The van der Waals surface area contributed by atoms with E-state index in [1.165, 1.54) is 18.4 Å². The third kappa shape index (κ3) is 2.07. The lowest BCUT2D eigenvalue weighted by molar-refractivity contribution is 0.275. The van der Waals surface area contributed by atoms with E-state index in [0.717, 1.165) is 18.0 Å². The number of methoxy groups -OCH3 is 2. The van der Waals surface area contributed by atoms with Crippen LogP contribution in [0, 0.1) is 5.92 Å². The Balaban J connectivity index is 2.43. The van der Waals surface area contributed by atoms with Crippen LogP contribution in [0.15, 0.2) is 18.2 Å². The van der Waals surface area contributed by atoms with Crippen LogP contribution < -0.4 is 14.8 Å². The maximum absolute atomic E-state index is 5.41. The Labute approximate surface area is 109 Å². The molecule has 100 valence electrons. The fraction of sp³-hybridized carbons (Fsp3) is 0.600. The Kier molecular flexibility index (Phi) is 3.81. The highest BCUT2D eigenvalue weighted by molar-refractivity contribution is 5.45. The first-order valence-corrected chi connectivity index (χ1v) is 6.61. The molecule has 1 saturated heterocycles. The van der Waals surface area contributed by atoms with Crippen LogP contribution in [0.4, 0.5) is 0 Å². The van der Waals surface area contributed by atoms with Crippen molar-refractivity contribution in [2.24, 2.45) is 5.92 Å². The van der Waals surface area contributed by atoms with Crippen LogP contribution in [0.2, 0.25) is 0 Å². The highest BCUT2D eigenvalue weighted by Crippen LogP contribution is 2.40. The van der Waals surface area contributed by atoms with Crippen LogP contribution >= 0.6 is 0 Å². The molecule has 3 heteroatoms. The molecule has 1 N–H and O–H groups in total. The maximum atomic E-state index is 5.41. The van der Waals surface area contributed by atoms with Crippen molar-refractivity contribution in [3.8, 4) is 11.5 Å². The number of hydrogen-bond acceptors (Lipinski definition) is 3. The Bertz CT molecular complexity index is 409. The van der Waals surface area contributed by atoms with Gasteiger partial charge in [-0.05, 0) is 43.0 Å². The van der Waals surface area contributed by atoms with Crippen molar-refractivity contribution in [1.82, 2.24) is 5.32 Å². The van der Waals surface area contributed by atoms with Crippen molar-refractivity contribution in [3.05, 3.63) is 23.8 Å². The van der Waals surface area contributed by atoms with Gasteiger partial charge < -0.3 is 14.8 Å². The van der Waals surface area contributed by atoms with E-state index in [1.54, 1.807) is 14.2 Å². The van der Waals surface area contributed by atoms with Crippen molar-refractivity contribution in [3.63, 3.8) is 0 Å². The van der Waals surface area contributed by atoms with E-state index >= 15 is 0 Å². The van der Waals surface area contributed by atoms with Gasteiger partial charge in [-0.3, -0.25) is 0 Å². The molecule has 1 fully saturated rings. The average molecular weight is 249 g/mol. The van der Waals surface area contributed by atoms with Crippen LogP contribution in [0.1, 0.15) is 32.3 Å². The Morgan fingerprint density at radius 3 is 2.39 bits per heavy atom. The van der Waals surface area contributed by atoms with Crippen molar-refractivity contribution in [2.45, 2.75) is 32.2 Å². The summed E-state index contributed by atoms with van der Waals surface area (Å²) in [5, 5.41) is 3.68. The molecule has 18 heavy (non-hydrogen) atoms. The highest BCUT2D eigenvalue weighted by Gasteiger charge is 2.38. The number of nitrogens with one attached hydrogen (secondary N) is 1. The summed E-state index contributed by atoms with van der Waals surface area (Å²) in [6.45, 7) is 5.64. The van der Waals surface area contributed by atoms with Crippen LogP contribution in [0.25, 0.3) is 0 Å². The van der Waals surface area contributed by atoms with Gasteiger partial charge in [-0.15, -0.1) is 0 Å². The minimum absolute atomic E-state index is 0.0829. The number of rotatable bonds is 4. The lowest BCUT2D eigenvalue weighted by Gasteiger charge is -2.35. The molecule has 0 spiro atoms. The summed E-state index contributed by atoms with van der Waals surface area (Å²) in [6.07, 6.45) is 2.41. The lowest BCUT2D eigenvalue weighted by Crippen LogP contribution is -2.41. The number of hydrogen-bond donors (Lipinski definition) is 1. The van der Waals surface area contributed by atoms with Crippen molar-refractivity contribution >= 4 is 0 Å². The smallest absolute Gasteiger partial charge is 0.161 e. The van der Waals surface area contributed by atoms with Gasteiger partial charge in [0.2, 0.25) is 0 Å². The molecular formula is C15H23NO2. The van der Waals surface area contributed by atoms with E-state index in [-0.39, 0.29) is 5.54 Å². The summed E-state index contributed by atoms with van der Waals surface area (Å²) in [6, 6.07) is 6.26. The van der Waals surface area contributed by atoms with Gasteiger partial charge in [-0.25, -0.2) is 0 Å². The first-order chi connectivity index (χ1) is 8.64. The summed E-state index contributed by atoms with van der Waals surface area (Å²) >= 11 is 0. The maximum Gasteiger partial charge on any atom is 0.161 e. The molecule has 2 rings (SSSR count). The molecule has 3 nitrogen and oxygen atoms in total. The minimum Gasteiger partial charge on any atom is -0.493 e. The molecule has 1 unspecified atom stereocenters. The van der Waals surface area contributed by atoms with Gasteiger partial charge >= 0.3 is 0 Å². The zero-order valence-electron chi connectivity index (χ0n) is 11.7. The molecule has 0 amide bonds. The molecular weight excluding hydrogens is 226 g/mol. The first-order valence-electron chi connectivity index (χ1n) is 6.61. The summed E-state index contributed by atoms with van der Waals surface area (Å²) < 4.78 is 10.7. The van der Waals surface area contributed by atoms with Crippen LogP contribution in [0.3, 0.4) is 0 Å².